The van der Waals surface area contributed by atoms with Crippen LogP contribution in [0.25, 0.3) is 0 Å². The van der Waals surface area contributed by atoms with Crippen LogP contribution in [0.3, 0.4) is 0 Å². The molecule has 0 heterocycles. The molecule has 0 saturated heterocycles. The normalized spacial score (nSPS) is 11.9. The number of hydrogen-bond acceptors (Lipinski definition) is 5. The lowest BCUT2D eigenvalue weighted by molar-refractivity contribution is -0.140. The summed E-state index contributed by atoms with van der Waals surface area (Å²) < 4.78 is 34.0. The number of nitrogens with zero attached hydrogens (tertiary/aromatic N) is 2. The van der Waals surface area contributed by atoms with Crippen molar-refractivity contribution in [1.29, 1.82) is 0 Å². The second-order valence-corrected chi connectivity index (χ2v) is 11.5. The van der Waals surface area contributed by atoms with Gasteiger partial charge >= 0.3 is 0 Å². The van der Waals surface area contributed by atoms with E-state index in [1.54, 1.807) is 42.5 Å². The summed E-state index contributed by atoms with van der Waals surface area (Å²) in [4.78, 5) is 28.9. The number of hydrogen-bond donors (Lipinski definition) is 1. The van der Waals surface area contributed by atoms with Gasteiger partial charge in [-0.25, -0.2) is 8.42 Å². The van der Waals surface area contributed by atoms with Crippen molar-refractivity contribution in [2.45, 2.75) is 57.5 Å². The number of carbonyl (C=O) groups excluding carboxylic acids is 2. The van der Waals surface area contributed by atoms with Crippen molar-refractivity contribution in [2.24, 2.45) is 0 Å². The van der Waals surface area contributed by atoms with Crippen LogP contribution in [0.15, 0.2) is 83.8 Å². The Morgan fingerprint density at radius 1 is 0.950 bits per heavy atom. The van der Waals surface area contributed by atoms with Gasteiger partial charge in [0.05, 0.1) is 17.7 Å². The topological polar surface area (TPSA) is 96.0 Å². The molecule has 8 nitrogen and oxygen atoms in total. The predicted molar refractivity (Wildman–Crippen MR) is 158 cm³/mol. The van der Waals surface area contributed by atoms with Gasteiger partial charge in [0.2, 0.25) is 11.8 Å². The quantitative estimate of drug-likeness (QED) is 0.280. The molecular weight excluding hydrogens is 526 g/mol. The maximum atomic E-state index is 14.1. The van der Waals surface area contributed by atoms with Crippen molar-refractivity contribution in [3.8, 4) is 5.75 Å². The molecule has 0 saturated carbocycles. The van der Waals surface area contributed by atoms with Crippen LogP contribution in [0.1, 0.15) is 44.2 Å². The fraction of sp³-hybridized carbons (Fsp3) is 0.355. The first-order valence-corrected chi connectivity index (χ1v) is 15.0. The lowest BCUT2D eigenvalue weighted by Gasteiger charge is -2.33. The minimum Gasteiger partial charge on any atom is -0.497 e. The molecular formula is C31H39N3O5S. The monoisotopic (exact) mass is 565 g/mol. The number of anilines is 1. The highest BCUT2D eigenvalue weighted by atomic mass is 32.2. The van der Waals surface area contributed by atoms with Gasteiger partial charge in [0.25, 0.3) is 10.0 Å². The van der Waals surface area contributed by atoms with E-state index < -0.39 is 28.5 Å². The molecule has 0 aromatic heterocycles. The summed E-state index contributed by atoms with van der Waals surface area (Å²) in [6, 6.07) is 21.5. The number of carbonyl (C=O) groups is 2. The Morgan fingerprint density at radius 2 is 1.65 bits per heavy atom. The molecule has 1 N–H and O–H groups in total. The Kier molecular flexibility index (Phi) is 11.1. The van der Waals surface area contributed by atoms with Gasteiger partial charge in [-0.15, -0.1) is 0 Å². The molecule has 0 radical (unpaired) electrons. The molecule has 0 unspecified atom stereocenters. The molecule has 0 spiro atoms. The molecule has 0 bridgehead atoms. The number of methoxy groups -OCH3 is 1. The van der Waals surface area contributed by atoms with E-state index in [9.17, 15) is 18.0 Å². The molecule has 9 heteroatoms. The Labute approximate surface area is 238 Å². The highest BCUT2D eigenvalue weighted by molar-refractivity contribution is 7.92. The number of amides is 2. The number of aryl methyl sites for hydroxylation is 1. The number of benzene rings is 3. The van der Waals surface area contributed by atoms with Crippen molar-refractivity contribution in [1.82, 2.24) is 10.2 Å². The van der Waals surface area contributed by atoms with Crippen molar-refractivity contribution in [2.75, 3.05) is 24.5 Å². The minimum atomic E-state index is -4.11. The lowest BCUT2D eigenvalue weighted by Crippen LogP contribution is -2.52. The van der Waals surface area contributed by atoms with Gasteiger partial charge in [-0.2, -0.15) is 0 Å². The number of nitrogens with one attached hydrogen (secondary N) is 1. The van der Waals surface area contributed by atoms with Crippen LogP contribution < -0.4 is 14.4 Å². The van der Waals surface area contributed by atoms with Crippen molar-refractivity contribution in [3.05, 3.63) is 90.0 Å². The number of ether oxygens (including phenoxy) is 1. The van der Waals surface area contributed by atoms with Crippen LogP contribution in [-0.4, -0.2) is 51.4 Å². The molecule has 0 fully saturated rings. The summed E-state index contributed by atoms with van der Waals surface area (Å²) in [5.41, 5.74) is 2.20. The fourth-order valence-corrected chi connectivity index (χ4v) is 5.86. The van der Waals surface area contributed by atoms with Gasteiger partial charge in [0.15, 0.2) is 0 Å². The minimum absolute atomic E-state index is 0.0632. The van der Waals surface area contributed by atoms with E-state index in [0.717, 1.165) is 28.3 Å². The van der Waals surface area contributed by atoms with Gasteiger partial charge in [-0.1, -0.05) is 68.3 Å². The number of sulfonamides is 1. The third kappa shape index (κ3) is 7.85. The van der Waals surface area contributed by atoms with Gasteiger partial charge in [0, 0.05) is 13.1 Å². The first-order valence-electron chi connectivity index (χ1n) is 13.6. The zero-order valence-corrected chi connectivity index (χ0v) is 24.5. The smallest absolute Gasteiger partial charge is 0.264 e. The molecule has 0 aliphatic carbocycles. The lowest BCUT2D eigenvalue weighted by atomic mass is 10.1. The molecule has 2 amide bonds. The van der Waals surface area contributed by atoms with Crippen LogP contribution in [0.5, 0.6) is 5.75 Å². The summed E-state index contributed by atoms with van der Waals surface area (Å²) in [6.45, 7) is 6.05. The van der Waals surface area contributed by atoms with E-state index in [-0.39, 0.29) is 17.3 Å². The van der Waals surface area contributed by atoms with E-state index in [1.165, 1.54) is 24.1 Å². The fourth-order valence-electron chi connectivity index (χ4n) is 4.43. The molecule has 0 aliphatic heterocycles. The van der Waals surface area contributed by atoms with Crippen molar-refractivity contribution in [3.63, 3.8) is 0 Å². The average molecular weight is 566 g/mol. The van der Waals surface area contributed by atoms with E-state index in [2.05, 4.69) is 5.32 Å². The molecule has 214 valence electrons. The molecule has 3 aromatic rings. The summed E-state index contributed by atoms with van der Waals surface area (Å²) >= 11 is 0. The Hall–Kier alpha value is -3.85. The zero-order chi connectivity index (χ0) is 29.1. The molecule has 40 heavy (non-hydrogen) atoms. The molecule has 3 aromatic carbocycles. The van der Waals surface area contributed by atoms with Gasteiger partial charge < -0.3 is 15.0 Å². The summed E-state index contributed by atoms with van der Waals surface area (Å²) in [7, 11) is -2.58. The summed E-state index contributed by atoms with van der Waals surface area (Å²) in [5, 5.41) is 2.94. The second-order valence-electron chi connectivity index (χ2n) is 9.60. The van der Waals surface area contributed by atoms with Crippen LogP contribution in [0.4, 0.5) is 5.69 Å². The third-order valence-electron chi connectivity index (χ3n) is 6.62. The predicted octanol–water partition coefficient (Wildman–Crippen LogP) is 4.92. The third-order valence-corrected chi connectivity index (χ3v) is 8.41. The van der Waals surface area contributed by atoms with Crippen LogP contribution >= 0.6 is 0 Å². The Bertz CT molecular complexity index is 1360. The van der Waals surface area contributed by atoms with E-state index in [1.807, 2.05) is 45.0 Å². The summed E-state index contributed by atoms with van der Waals surface area (Å²) in [5.74, 6) is -0.170. The molecule has 0 aliphatic rings. The van der Waals surface area contributed by atoms with Gasteiger partial charge in [-0.05, 0) is 61.7 Å². The Balaban J connectivity index is 2.02. The Morgan fingerprint density at radius 3 is 2.25 bits per heavy atom. The van der Waals surface area contributed by atoms with E-state index >= 15 is 0 Å². The SMILES string of the molecule is CCCCNC(=O)[C@H](CC)N(Cc1cccc(C)c1)C(=O)CN(c1ccc(OC)cc1)S(=O)(=O)c1ccccc1. The zero-order valence-electron chi connectivity index (χ0n) is 23.7. The number of rotatable bonds is 14. The van der Waals surface area contributed by atoms with Crippen LogP contribution in [0, 0.1) is 6.92 Å². The first-order chi connectivity index (χ1) is 19.2. The molecule has 3 rings (SSSR count). The first kappa shape index (κ1) is 30.7. The van der Waals surface area contributed by atoms with Gasteiger partial charge in [-0.3, -0.25) is 13.9 Å². The summed E-state index contributed by atoms with van der Waals surface area (Å²) in [6.07, 6.45) is 2.13. The molecule has 1 atom stereocenters. The maximum Gasteiger partial charge on any atom is 0.264 e. The largest absolute Gasteiger partial charge is 0.497 e. The second kappa shape index (κ2) is 14.5. The maximum absolute atomic E-state index is 14.1. The van der Waals surface area contributed by atoms with Crippen molar-refractivity contribution >= 4 is 27.5 Å². The average Bonchev–Trinajstić information content (AvgIpc) is 2.96. The van der Waals surface area contributed by atoms with Gasteiger partial charge in [0.1, 0.15) is 18.3 Å². The van der Waals surface area contributed by atoms with Crippen LogP contribution in [-0.2, 0) is 26.2 Å². The van der Waals surface area contributed by atoms with E-state index in [4.69, 9.17) is 4.74 Å². The van der Waals surface area contributed by atoms with E-state index in [0.29, 0.717) is 24.4 Å². The van der Waals surface area contributed by atoms with Crippen LogP contribution in [0.2, 0.25) is 0 Å². The standard InChI is InChI=1S/C31H39N3O5S/c1-5-7-20-32-31(36)29(6-2)33(22-25-13-11-12-24(3)21-25)30(35)23-34(26-16-18-27(39-4)19-17-26)40(37,38)28-14-9-8-10-15-28/h8-19,21,29H,5-7,20,22-23H2,1-4H3,(H,32,36)/t29-/m0/s1. The number of unbranched alkanes of at least 4 members (excludes halogenated alkanes) is 1. The highest BCUT2D eigenvalue weighted by Gasteiger charge is 2.33. The highest BCUT2D eigenvalue weighted by Crippen LogP contribution is 2.26. The van der Waals surface area contributed by atoms with Crippen molar-refractivity contribution < 1.29 is 22.7 Å².